The first-order valence-corrected chi connectivity index (χ1v) is 14.2. The van der Waals surface area contributed by atoms with Crippen LogP contribution in [0.15, 0.2) is 83.9 Å². The zero-order chi connectivity index (χ0) is 25.7. The first-order chi connectivity index (χ1) is 17.2. The number of amides is 1. The van der Waals surface area contributed by atoms with Crippen molar-refractivity contribution in [1.29, 1.82) is 0 Å². The van der Waals surface area contributed by atoms with Crippen molar-refractivity contribution < 1.29 is 13.2 Å². The van der Waals surface area contributed by atoms with Crippen LogP contribution in [-0.2, 0) is 27.9 Å². The fraction of sp³-hybridized carbons (Fsp3) is 0.286. The van der Waals surface area contributed by atoms with E-state index in [2.05, 4.69) is 4.98 Å². The fourth-order valence-corrected chi connectivity index (χ4v) is 6.75. The van der Waals surface area contributed by atoms with Gasteiger partial charge in [-0.3, -0.25) is 9.78 Å². The molecule has 2 aromatic heterocycles. The lowest BCUT2D eigenvalue weighted by Crippen LogP contribution is -2.43. The molecule has 1 amide bonds. The minimum absolute atomic E-state index is 0.0398. The van der Waals surface area contributed by atoms with E-state index in [1.54, 1.807) is 40.6 Å². The zero-order valence-electron chi connectivity index (χ0n) is 20.8. The van der Waals surface area contributed by atoms with Crippen molar-refractivity contribution in [2.45, 2.75) is 38.8 Å². The molecule has 0 unspecified atom stereocenters. The molecule has 0 radical (unpaired) electrons. The summed E-state index contributed by atoms with van der Waals surface area (Å²) in [7, 11) is -3.97. The normalized spacial score (nSPS) is 11.9. The topological polar surface area (TPSA) is 70.6 Å². The van der Waals surface area contributed by atoms with Crippen LogP contribution in [0.1, 0.15) is 29.2 Å². The van der Waals surface area contributed by atoms with E-state index in [1.165, 1.54) is 9.18 Å². The maximum atomic E-state index is 13.9. The molecule has 36 heavy (non-hydrogen) atoms. The summed E-state index contributed by atoms with van der Waals surface area (Å²) in [5, 5.41) is 0.744. The van der Waals surface area contributed by atoms with Crippen molar-refractivity contribution in [3.05, 3.63) is 94.3 Å². The molecule has 0 aliphatic rings. The number of hydrogen-bond donors (Lipinski definition) is 0. The van der Waals surface area contributed by atoms with Crippen LogP contribution in [0.3, 0.4) is 0 Å². The highest BCUT2D eigenvalue weighted by Crippen LogP contribution is 2.25. The molecular weight excluding hydrogens is 490 g/mol. The van der Waals surface area contributed by atoms with Gasteiger partial charge in [0.15, 0.2) is 0 Å². The number of para-hydroxylation sites is 1. The Hall–Kier alpha value is -3.07. The first kappa shape index (κ1) is 26.0. The molecular formula is C28H31N3O3S2. The fourth-order valence-electron chi connectivity index (χ4n) is 4.12. The number of benzene rings is 2. The summed E-state index contributed by atoms with van der Waals surface area (Å²) < 4.78 is 29.1. The Kier molecular flexibility index (Phi) is 8.18. The highest BCUT2D eigenvalue weighted by molar-refractivity contribution is 7.89. The van der Waals surface area contributed by atoms with Gasteiger partial charge in [-0.2, -0.15) is 4.31 Å². The SMILES string of the molecule is Cc1ccc(CN(Cc2ccccc2)C(=O)CN(CC(C)C)S(=O)(=O)c2cccc3cccnc23)s1. The second kappa shape index (κ2) is 11.3. The Labute approximate surface area is 217 Å². The van der Waals surface area contributed by atoms with Crippen LogP contribution < -0.4 is 0 Å². The predicted octanol–water partition coefficient (Wildman–Crippen LogP) is 5.48. The number of nitrogens with zero attached hydrogens (tertiary/aromatic N) is 3. The van der Waals surface area contributed by atoms with Gasteiger partial charge in [-0.25, -0.2) is 8.42 Å². The monoisotopic (exact) mass is 521 g/mol. The van der Waals surface area contributed by atoms with E-state index in [0.29, 0.717) is 18.6 Å². The second-order valence-electron chi connectivity index (χ2n) is 9.27. The summed E-state index contributed by atoms with van der Waals surface area (Å²) in [6, 6.07) is 22.6. The average molecular weight is 522 g/mol. The number of aromatic nitrogens is 1. The zero-order valence-corrected chi connectivity index (χ0v) is 22.4. The number of sulfonamides is 1. The predicted molar refractivity (Wildman–Crippen MR) is 145 cm³/mol. The summed E-state index contributed by atoms with van der Waals surface area (Å²) >= 11 is 1.64. The molecule has 2 heterocycles. The van der Waals surface area contributed by atoms with Gasteiger partial charge in [0.25, 0.3) is 0 Å². The maximum absolute atomic E-state index is 13.9. The molecule has 188 valence electrons. The summed E-state index contributed by atoms with van der Waals surface area (Å²) in [6.45, 7) is 6.76. The Balaban J connectivity index is 1.66. The lowest BCUT2D eigenvalue weighted by atomic mass is 10.2. The highest BCUT2D eigenvalue weighted by atomic mass is 32.2. The van der Waals surface area contributed by atoms with E-state index in [1.807, 2.05) is 75.4 Å². The van der Waals surface area contributed by atoms with Gasteiger partial charge in [0, 0.05) is 34.4 Å². The molecule has 0 saturated heterocycles. The van der Waals surface area contributed by atoms with Crippen molar-refractivity contribution in [3.63, 3.8) is 0 Å². The first-order valence-electron chi connectivity index (χ1n) is 11.9. The van der Waals surface area contributed by atoms with E-state index in [4.69, 9.17) is 0 Å². The highest BCUT2D eigenvalue weighted by Gasteiger charge is 2.31. The van der Waals surface area contributed by atoms with Crippen molar-refractivity contribution in [2.24, 2.45) is 5.92 Å². The van der Waals surface area contributed by atoms with Crippen LogP contribution >= 0.6 is 11.3 Å². The van der Waals surface area contributed by atoms with E-state index < -0.39 is 10.0 Å². The molecule has 0 N–H and O–H groups in total. The lowest BCUT2D eigenvalue weighted by molar-refractivity contribution is -0.132. The third kappa shape index (κ3) is 6.19. The average Bonchev–Trinajstić information content (AvgIpc) is 3.27. The van der Waals surface area contributed by atoms with E-state index >= 15 is 0 Å². The van der Waals surface area contributed by atoms with Gasteiger partial charge in [0.1, 0.15) is 4.90 Å². The van der Waals surface area contributed by atoms with Crippen LogP contribution in [0.5, 0.6) is 0 Å². The smallest absolute Gasteiger partial charge is 0.245 e. The minimum Gasteiger partial charge on any atom is -0.332 e. The number of carbonyl (C=O) groups excluding carboxylic acids is 1. The van der Waals surface area contributed by atoms with Gasteiger partial charge in [0.05, 0.1) is 18.6 Å². The molecule has 4 rings (SSSR count). The number of pyridine rings is 1. The Bertz CT molecular complexity index is 1430. The molecule has 0 spiro atoms. The third-order valence-corrected chi connectivity index (χ3v) is 8.63. The largest absolute Gasteiger partial charge is 0.332 e. The second-order valence-corrected chi connectivity index (χ2v) is 12.5. The Morgan fingerprint density at radius 3 is 2.39 bits per heavy atom. The maximum Gasteiger partial charge on any atom is 0.245 e. The number of thiophene rings is 1. The van der Waals surface area contributed by atoms with Crippen LogP contribution in [0.2, 0.25) is 0 Å². The summed E-state index contributed by atoms with van der Waals surface area (Å²) in [6.07, 6.45) is 1.59. The Morgan fingerprint density at radius 1 is 0.944 bits per heavy atom. The van der Waals surface area contributed by atoms with Crippen LogP contribution in [0, 0.1) is 12.8 Å². The van der Waals surface area contributed by atoms with Gasteiger partial charge in [0.2, 0.25) is 15.9 Å². The quantitative estimate of drug-likeness (QED) is 0.277. The molecule has 0 saturated carbocycles. The standard InChI is InChI=1S/C28H31N3O3S2/c1-21(2)17-31(36(33,34)26-13-7-11-24-12-8-16-29-28(24)26)20-27(32)30(18-23-9-5-4-6-10-23)19-25-15-14-22(3)35-25/h4-16,21H,17-20H2,1-3H3. The summed E-state index contributed by atoms with van der Waals surface area (Å²) in [4.78, 5) is 22.1. The van der Waals surface area contributed by atoms with Crippen LogP contribution in [0.4, 0.5) is 0 Å². The minimum atomic E-state index is -3.97. The van der Waals surface area contributed by atoms with Crippen LogP contribution in [-0.4, -0.2) is 41.6 Å². The number of fused-ring (bicyclic) bond motifs is 1. The summed E-state index contributed by atoms with van der Waals surface area (Å²) in [5.74, 6) is -0.194. The molecule has 0 aliphatic carbocycles. The molecule has 0 fully saturated rings. The molecule has 6 nitrogen and oxygen atoms in total. The number of hydrogen-bond acceptors (Lipinski definition) is 5. The lowest BCUT2D eigenvalue weighted by Gasteiger charge is -2.28. The van der Waals surface area contributed by atoms with Crippen molar-refractivity contribution >= 4 is 38.2 Å². The molecule has 8 heteroatoms. The molecule has 2 aromatic carbocycles. The molecule has 4 aromatic rings. The Morgan fingerprint density at radius 2 is 1.69 bits per heavy atom. The van der Waals surface area contributed by atoms with Gasteiger partial charge >= 0.3 is 0 Å². The van der Waals surface area contributed by atoms with Gasteiger partial charge in [-0.05, 0) is 42.7 Å². The summed E-state index contributed by atoms with van der Waals surface area (Å²) in [5.41, 5.74) is 1.41. The van der Waals surface area contributed by atoms with Crippen molar-refractivity contribution in [3.8, 4) is 0 Å². The van der Waals surface area contributed by atoms with Crippen molar-refractivity contribution in [2.75, 3.05) is 13.1 Å². The number of aryl methyl sites for hydroxylation is 1. The van der Waals surface area contributed by atoms with E-state index in [-0.39, 0.29) is 29.8 Å². The van der Waals surface area contributed by atoms with Gasteiger partial charge in [-0.15, -0.1) is 11.3 Å². The number of carbonyl (C=O) groups is 1. The van der Waals surface area contributed by atoms with E-state index in [9.17, 15) is 13.2 Å². The van der Waals surface area contributed by atoms with Crippen molar-refractivity contribution in [1.82, 2.24) is 14.2 Å². The van der Waals surface area contributed by atoms with Gasteiger partial charge < -0.3 is 4.90 Å². The molecule has 0 aliphatic heterocycles. The van der Waals surface area contributed by atoms with Crippen LogP contribution in [0.25, 0.3) is 10.9 Å². The third-order valence-electron chi connectivity index (χ3n) is 5.81. The number of rotatable bonds is 10. The van der Waals surface area contributed by atoms with E-state index in [0.717, 1.165) is 15.8 Å². The molecule has 0 atom stereocenters. The molecule has 0 bridgehead atoms. The van der Waals surface area contributed by atoms with Gasteiger partial charge in [-0.1, -0.05) is 62.4 Å².